The Hall–Kier alpha value is -1.91. The highest BCUT2D eigenvalue weighted by Crippen LogP contribution is 2.18. The highest BCUT2D eigenvalue weighted by atomic mass is 19.1. The highest BCUT2D eigenvalue weighted by molar-refractivity contribution is 5.28. The van der Waals surface area contributed by atoms with Crippen molar-refractivity contribution < 1.29 is 14.2 Å². The molecule has 2 aromatic carbocycles. The van der Waals surface area contributed by atoms with Crippen molar-refractivity contribution in [2.75, 3.05) is 20.2 Å². The maximum Gasteiger partial charge on any atom is 0.123 e. The van der Waals surface area contributed by atoms with Crippen molar-refractivity contribution in [1.82, 2.24) is 5.32 Å². The van der Waals surface area contributed by atoms with E-state index in [-0.39, 0.29) is 11.7 Å². The van der Waals surface area contributed by atoms with Crippen LogP contribution in [0.3, 0.4) is 0 Å². The van der Waals surface area contributed by atoms with Gasteiger partial charge in [0.25, 0.3) is 0 Å². The van der Waals surface area contributed by atoms with Gasteiger partial charge in [0.2, 0.25) is 0 Å². The van der Waals surface area contributed by atoms with E-state index in [1.807, 2.05) is 24.3 Å². The van der Waals surface area contributed by atoms with Crippen LogP contribution in [-0.4, -0.2) is 25.3 Å². The van der Waals surface area contributed by atoms with Gasteiger partial charge >= 0.3 is 0 Å². The van der Waals surface area contributed by atoms with Crippen LogP contribution in [0.25, 0.3) is 0 Å². The van der Waals surface area contributed by atoms with Crippen LogP contribution < -0.4 is 10.1 Å². The van der Waals surface area contributed by atoms with Gasteiger partial charge in [-0.1, -0.05) is 31.2 Å². The molecule has 0 spiro atoms. The van der Waals surface area contributed by atoms with Gasteiger partial charge in [-0.25, -0.2) is 4.39 Å². The van der Waals surface area contributed by atoms with Crippen LogP contribution in [0.5, 0.6) is 5.75 Å². The monoisotopic (exact) mass is 303 g/mol. The zero-order chi connectivity index (χ0) is 15.9. The summed E-state index contributed by atoms with van der Waals surface area (Å²) in [6, 6.07) is 13.9. The molecule has 2 N–H and O–H groups in total. The van der Waals surface area contributed by atoms with Crippen molar-refractivity contribution in [3.8, 4) is 5.75 Å². The van der Waals surface area contributed by atoms with Gasteiger partial charge in [-0.05, 0) is 41.3 Å². The Balaban J connectivity index is 1.80. The number of halogens is 1. The molecule has 0 heterocycles. The number of hydrogen-bond acceptors (Lipinski definition) is 3. The first kappa shape index (κ1) is 16.5. The lowest BCUT2D eigenvalue weighted by atomic mass is 10.0. The van der Waals surface area contributed by atoms with Crippen molar-refractivity contribution in [3.63, 3.8) is 0 Å². The van der Waals surface area contributed by atoms with E-state index in [4.69, 9.17) is 4.74 Å². The zero-order valence-electron chi connectivity index (χ0n) is 12.9. The van der Waals surface area contributed by atoms with E-state index in [9.17, 15) is 9.50 Å². The maximum absolute atomic E-state index is 12.9. The molecule has 22 heavy (non-hydrogen) atoms. The molecule has 0 saturated heterocycles. The molecule has 2 unspecified atom stereocenters. The average molecular weight is 303 g/mol. The number of methoxy groups -OCH3 is 1. The lowest BCUT2D eigenvalue weighted by Crippen LogP contribution is -2.25. The largest absolute Gasteiger partial charge is 0.497 e. The Morgan fingerprint density at radius 1 is 1.00 bits per heavy atom. The summed E-state index contributed by atoms with van der Waals surface area (Å²) in [7, 11) is 1.61. The Morgan fingerprint density at radius 2 is 1.59 bits per heavy atom. The first-order chi connectivity index (χ1) is 10.6. The average Bonchev–Trinajstić information content (AvgIpc) is 2.55. The fraction of sp³-hybridized carbons (Fsp3) is 0.333. The molecule has 0 saturated carbocycles. The first-order valence-corrected chi connectivity index (χ1v) is 7.38. The predicted octanol–water partition coefficient (Wildman–Crippen LogP) is 3.26. The fourth-order valence-corrected chi connectivity index (χ4v) is 2.29. The molecule has 3 nitrogen and oxygen atoms in total. The predicted molar refractivity (Wildman–Crippen MR) is 85.6 cm³/mol. The summed E-state index contributed by atoms with van der Waals surface area (Å²) in [6.07, 6.45) is -0.564. The number of aliphatic hydroxyl groups is 1. The van der Waals surface area contributed by atoms with Crippen LogP contribution in [0.2, 0.25) is 0 Å². The molecule has 0 aliphatic carbocycles. The molecule has 0 fully saturated rings. The number of ether oxygens (including phenoxy) is 1. The van der Waals surface area contributed by atoms with Crippen LogP contribution in [0.15, 0.2) is 48.5 Å². The third kappa shape index (κ3) is 4.55. The highest BCUT2D eigenvalue weighted by Gasteiger charge is 2.09. The Labute approximate surface area is 130 Å². The van der Waals surface area contributed by atoms with E-state index in [1.54, 1.807) is 19.2 Å². The van der Waals surface area contributed by atoms with Crippen molar-refractivity contribution in [2.24, 2.45) is 0 Å². The second-order valence-corrected chi connectivity index (χ2v) is 5.40. The molecule has 2 aromatic rings. The van der Waals surface area contributed by atoms with Crippen molar-refractivity contribution in [2.45, 2.75) is 18.9 Å². The minimum absolute atomic E-state index is 0.223. The minimum Gasteiger partial charge on any atom is -0.497 e. The number of hydrogen-bond donors (Lipinski definition) is 2. The maximum atomic E-state index is 12.9. The van der Waals surface area contributed by atoms with E-state index >= 15 is 0 Å². The molecule has 0 amide bonds. The third-order valence-corrected chi connectivity index (χ3v) is 3.73. The fourth-order valence-electron chi connectivity index (χ4n) is 2.29. The lowest BCUT2D eigenvalue weighted by Gasteiger charge is -2.16. The molecule has 2 atom stereocenters. The molecule has 4 heteroatoms. The van der Waals surface area contributed by atoms with Gasteiger partial charge < -0.3 is 15.2 Å². The van der Waals surface area contributed by atoms with Gasteiger partial charge in [-0.2, -0.15) is 0 Å². The number of benzene rings is 2. The van der Waals surface area contributed by atoms with Gasteiger partial charge in [0, 0.05) is 13.1 Å². The minimum atomic E-state index is -0.564. The Bertz CT molecular complexity index is 569. The van der Waals surface area contributed by atoms with E-state index in [0.29, 0.717) is 6.54 Å². The van der Waals surface area contributed by atoms with Gasteiger partial charge in [0.15, 0.2) is 0 Å². The molecule has 0 aliphatic heterocycles. The molecule has 0 radical (unpaired) electrons. The smallest absolute Gasteiger partial charge is 0.123 e. The molecule has 0 bridgehead atoms. The lowest BCUT2D eigenvalue weighted by molar-refractivity contribution is 0.174. The zero-order valence-corrected chi connectivity index (χ0v) is 12.9. The van der Waals surface area contributed by atoms with Crippen LogP contribution in [0.1, 0.15) is 30.1 Å². The molecular formula is C18H22FNO2. The molecule has 0 aromatic heterocycles. The van der Waals surface area contributed by atoms with E-state index < -0.39 is 6.10 Å². The van der Waals surface area contributed by atoms with Crippen molar-refractivity contribution in [1.29, 1.82) is 0 Å². The normalized spacial score (nSPS) is 13.6. The summed E-state index contributed by atoms with van der Waals surface area (Å²) >= 11 is 0. The van der Waals surface area contributed by atoms with Crippen molar-refractivity contribution in [3.05, 3.63) is 65.5 Å². The standard InChI is InChI=1S/C18H22FNO2/c1-13(14-3-7-16(19)8-4-14)11-20-12-18(21)15-5-9-17(22-2)10-6-15/h3-10,13,18,20-21H,11-12H2,1-2H3. The Morgan fingerprint density at radius 3 is 2.18 bits per heavy atom. The summed E-state index contributed by atoms with van der Waals surface area (Å²) < 4.78 is 18.0. The van der Waals surface area contributed by atoms with Crippen LogP contribution >= 0.6 is 0 Å². The van der Waals surface area contributed by atoms with Gasteiger partial charge in [-0.15, -0.1) is 0 Å². The first-order valence-electron chi connectivity index (χ1n) is 7.38. The van der Waals surface area contributed by atoms with Crippen LogP contribution in [0, 0.1) is 5.82 Å². The summed E-state index contributed by atoms with van der Waals surface area (Å²) in [4.78, 5) is 0. The van der Waals surface area contributed by atoms with E-state index in [0.717, 1.165) is 23.4 Å². The number of nitrogens with one attached hydrogen (secondary N) is 1. The molecule has 2 rings (SSSR count). The summed E-state index contributed by atoms with van der Waals surface area (Å²) in [5.41, 5.74) is 1.93. The summed E-state index contributed by atoms with van der Waals surface area (Å²) in [6.45, 7) is 3.26. The van der Waals surface area contributed by atoms with E-state index in [1.165, 1.54) is 12.1 Å². The van der Waals surface area contributed by atoms with Crippen LogP contribution in [0.4, 0.5) is 4.39 Å². The Kier molecular flexibility index (Phi) is 5.92. The molecule has 0 aliphatic rings. The molecular weight excluding hydrogens is 281 g/mol. The van der Waals surface area contributed by atoms with Gasteiger partial charge in [0.1, 0.15) is 11.6 Å². The van der Waals surface area contributed by atoms with Crippen LogP contribution in [-0.2, 0) is 0 Å². The number of rotatable bonds is 7. The third-order valence-electron chi connectivity index (χ3n) is 3.73. The topological polar surface area (TPSA) is 41.5 Å². The SMILES string of the molecule is COc1ccc(C(O)CNCC(C)c2ccc(F)cc2)cc1. The van der Waals surface area contributed by atoms with Gasteiger partial charge in [0.05, 0.1) is 13.2 Å². The van der Waals surface area contributed by atoms with Gasteiger partial charge in [-0.3, -0.25) is 0 Å². The second kappa shape index (κ2) is 7.92. The second-order valence-electron chi connectivity index (χ2n) is 5.40. The summed E-state index contributed by atoms with van der Waals surface area (Å²) in [5.74, 6) is 0.802. The number of aliphatic hydroxyl groups excluding tert-OH is 1. The van der Waals surface area contributed by atoms with E-state index in [2.05, 4.69) is 12.2 Å². The van der Waals surface area contributed by atoms with Crippen molar-refractivity contribution >= 4 is 0 Å². The summed E-state index contributed by atoms with van der Waals surface area (Å²) in [5, 5.41) is 13.4. The molecule has 118 valence electrons. The quantitative estimate of drug-likeness (QED) is 0.825.